The Morgan fingerprint density at radius 3 is 2.62 bits per heavy atom. The third-order valence-corrected chi connectivity index (χ3v) is 5.20. The predicted octanol–water partition coefficient (Wildman–Crippen LogP) is 2.87. The van der Waals surface area contributed by atoms with Gasteiger partial charge in [-0.15, -0.1) is 0 Å². The van der Waals surface area contributed by atoms with Gasteiger partial charge in [0.25, 0.3) is 5.91 Å². The molecule has 1 fully saturated rings. The predicted molar refractivity (Wildman–Crippen MR) is 103 cm³/mol. The number of hydrogen-bond acceptors (Lipinski definition) is 3. The first-order chi connectivity index (χ1) is 14.0. The largest absolute Gasteiger partial charge is 0.350 e. The number of amides is 1. The molecule has 150 valence electrons. The van der Waals surface area contributed by atoms with E-state index in [9.17, 15) is 18.4 Å². The Bertz CT molecular complexity index is 1110. The monoisotopic (exact) mass is 398 g/mol. The van der Waals surface area contributed by atoms with Gasteiger partial charge in [0.15, 0.2) is 0 Å². The van der Waals surface area contributed by atoms with E-state index in [2.05, 4.69) is 5.10 Å². The second-order valence-electron chi connectivity index (χ2n) is 7.15. The van der Waals surface area contributed by atoms with Crippen molar-refractivity contribution in [2.75, 3.05) is 13.1 Å². The van der Waals surface area contributed by atoms with Gasteiger partial charge in [-0.1, -0.05) is 18.2 Å². The van der Waals surface area contributed by atoms with E-state index in [1.165, 1.54) is 4.68 Å². The van der Waals surface area contributed by atoms with Crippen LogP contribution in [0.2, 0.25) is 0 Å². The first-order valence-corrected chi connectivity index (χ1v) is 9.41. The molecular formula is C21H20F2N4O2. The van der Waals surface area contributed by atoms with Crippen LogP contribution in [0.25, 0.3) is 5.69 Å². The number of benzene rings is 2. The fourth-order valence-corrected chi connectivity index (χ4v) is 3.77. The summed E-state index contributed by atoms with van der Waals surface area (Å²) in [4.78, 5) is 27.0. The molecule has 1 aliphatic rings. The molecular weight excluding hydrogens is 378 g/mol. The molecule has 1 saturated heterocycles. The van der Waals surface area contributed by atoms with Crippen LogP contribution in [0.1, 0.15) is 34.9 Å². The number of hydrogen-bond donors (Lipinski definition) is 0. The minimum atomic E-state index is -0.879. The minimum Gasteiger partial charge on any atom is -0.338 e. The summed E-state index contributed by atoms with van der Waals surface area (Å²) in [5.41, 5.74) is 0.279. The van der Waals surface area contributed by atoms with Crippen molar-refractivity contribution in [3.8, 4) is 5.69 Å². The number of nitrogens with zero attached hydrogens (tertiary/aromatic N) is 4. The Hall–Kier alpha value is -3.29. The van der Waals surface area contributed by atoms with E-state index in [0.717, 1.165) is 18.6 Å². The number of halogens is 2. The molecule has 1 aromatic heterocycles. The number of likely N-dealkylation sites (tertiary alicyclic amines) is 1. The zero-order valence-electron chi connectivity index (χ0n) is 15.9. The number of carbonyl (C=O) groups is 1. The van der Waals surface area contributed by atoms with Gasteiger partial charge in [0.05, 0.1) is 11.3 Å². The van der Waals surface area contributed by atoms with Gasteiger partial charge in [-0.25, -0.2) is 22.8 Å². The number of aromatic nitrogens is 3. The molecule has 1 atom stereocenters. The van der Waals surface area contributed by atoms with Crippen LogP contribution in [-0.4, -0.2) is 38.2 Å². The zero-order valence-corrected chi connectivity index (χ0v) is 15.9. The second kappa shape index (κ2) is 7.62. The van der Waals surface area contributed by atoms with Gasteiger partial charge in [0, 0.05) is 32.1 Å². The molecule has 1 amide bonds. The van der Waals surface area contributed by atoms with E-state index in [1.54, 1.807) is 16.5 Å². The van der Waals surface area contributed by atoms with Crippen LogP contribution < -0.4 is 5.69 Å². The maximum Gasteiger partial charge on any atom is 0.350 e. The molecule has 1 unspecified atom stereocenters. The number of rotatable bonds is 3. The molecule has 1 aliphatic heterocycles. The first kappa shape index (κ1) is 19.0. The van der Waals surface area contributed by atoms with Crippen LogP contribution in [0.15, 0.2) is 53.3 Å². The first-order valence-electron chi connectivity index (χ1n) is 9.41. The van der Waals surface area contributed by atoms with Crippen molar-refractivity contribution >= 4 is 5.91 Å². The molecule has 8 heteroatoms. The van der Waals surface area contributed by atoms with E-state index in [1.807, 2.05) is 30.3 Å². The normalized spacial score (nSPS) is 16.8. The van der Waals surface area contributed by atoms with Crippen molar-refractivity contribution in [2.45, 2.75) is 18.8 Å². The average Bonchev–Trinajstić information content (AvgIpc) is 3.03. The Balaban J connectivity index is 1.65. The fourth-order valence-electron chi connectivity index (χ4n) is 3.77. The highest BCUT2D eigenvalue weighted by molar-refractivity contribution is 5.94. The second-order valence-corrected chi connectivity index (χ2v) is 7.15. The van der Waals surface area contributed by atoms with Gasteiger partial charge in [0.2, 0.25) is 0 Å². The van der Waals surface area contributed by atoms with Crippen molar-refractivity contribution in [3.63, 3.8) is 0 Å². The lowest BCUT2D eigenvalue weighted by Gasteiger charge is -2.32. The summed E-state index contributed by atoms with van der Waals surface area (Å²) in [7, 11) is 1.59. The molecule has 2 aromatic carbocycles. The van der Waals surface area contributed by atoms with Gasteiger partial charge >= 0.3 is 5.69 Å². The number of carbonyl (C=O) groups excluding carboxylic acids is 1. The third kappa shape index (κ3) is 3.57. The van der Waals surface area contributed by atoms with Crippen molar-refractivity contribution in [1.82, 2.24) is 19.2 Å². The molecule has 0 bridgehead atoms. The standard InChI is InChI=1S/C21H20F2N4O2/c1-25-21(29)27(16-7-3-2-4-8-16)19(24-25)14-6-5-11-26(13-14)20(28)17-10-9-15(22)12-18(17)23/h2-4,7-10,12,14H,5-6,11,13H2,1H3. The maximum atomic E-state index is 14.1. The van der Waals surface area contributed by atoms with Crippen LogP contribution in [0.5, 0.6) is 0 Å². The maximum absolute atomic E-state index is 14.1. The third-order valence-electron chi connectivity index (χ3n) is 5.20. The lowest BCUT2D eigenvalue weighted by molar-refractivity contribution is 0.0699. The Morgan fingerprint density at radius 1 is 1.14 bits per heavy atom. The summed E-state index contributed by atoms with van der Waals surface area (Å²) in [5, 5.41) is 4.41. The number of piperidine rings is 1. The Kier molecular flexibility index (Phi) is 5.00. The molecule has 0 saturated carbocycles. The number of aryl methyl sites for hydroxylation is 1. The smallest absolute Gasteiger partial charge is 0.338 e. The molecule has 4 rings (SSSR count). The van der Waals surface area contributed by atoms with E-state index < -0.39 is 17.5 Å². The summed E-state index contributed by atoms with van der Waals surface area (Å²) >= 11 is 0. The molecule has 3 aromatic rings. The molecule has 0 N–H and O–H groups in total. The number of para-hydroxylation sites is 1. The fraction of sp³-hybridized carbons (Fsp3) is 0.286. The van der Waals surface area contributed by atoms with Gasteiger partial charge in [-0.2, -0.15) is 5.10 Å². The highest BCUT2D eigenvalue weighted by Gasteiger charge is 2.31. The summed E-state index contributed by atoms with van der Waals surface area (Å²) in [6.07, 6.45) is 1.44. The topological polar surface area (TPSA) is 60.1 Å². The SMILES string of the molecule is Cn1nc(C2CCCN(C(=O)c3ccc(F)cc3F)C2)n(-c2ccccc2)c1=O. The van der Waals surface area contributed by atoms with E-state index in [-0.39, 0.29) is 17.2 Å². The van der Waals surface area contributed by atoms with E-state index >= 15 is 0 Å². The van der Waals surface area contributed by atoms with Gasteiger partial charge in [-0.05, 0) is 37.1 Å². The zero-order chi connectivity index (χ0) is 20.5. The van der Waals surface area contributed by atoms with Gasteiger partial charge < -0.3 is 4.90 Å². The molecule has 29 heavy (non-hydrogen) atoms. The van der Waals surface area contributed by atoms with Crippen LogP contribution in [-0.2, 0) is 7.05 Å². The summed E-state index contributed by atoms with van der Waals surface area (Å²) < 4.78 is 30.1. The molecule has 0 aliphatic carbocycles. The summed E-state index contributed by atoms with van der Waals surface area (Å²) in [6.45, 7) is 0.771. The van der Waals surface area contributed by atoms with Crippen molar-refractivity contribution in [1.29, 1.82) is 0 Å². The Morgan fingerprint density at radius 2 is 1.90 bits per heavy atom. The summed E-state index contributed by atoms with van der Waals surface area (Å²) in [5.74, 6) is -1.70. The van der Waals surface area contributed by atoms with Crippen molar-refractivity contribution in [3.05, 3.63) is 82.0 Å². The van der Waals surface area contributed by atoms with Gasteiger partial charge in [-0.3, -0.25) is 4.79 Å². The lowest BCUT2D eigenvalue weighted by Crippen LogP contribution is -2.40. The van der Waals surface area contributed by atoms with Crippen LogP contribution in [0.4, 0.5) is 8.78 Å². The molecule has 2 heterocycles. The van der Waals surface area contributed by atoms with Crippen LogP contribution >= 0.6 is 0 Å². The van der Waals surface area contributed by atoms with Gasteiger partial charge in [0.1, 0.15) is 17.5 Å². The van der Waals surface area contributed by atoms with E-state index in [0.29, 0.717) is 37.1 Å². The highest BCUT2D eigenvalue weighted by atomic mass is 19.1. The molecule has 6 nitrogen and oxygen atoms in total. The van der Waals surface area contributed by atoms with Crippen molar-refractivity contribution < 1.29 is 13.6 Å². The van der Waals surface area contributed by atoms with Crippen molar-refractivity contribution in [2.24, 2.45) is 7.05 Å². The quantitative estimate of drug-likeness (QED) is 0.682. The van der Waals surface area contributed by atoms with E-state index in [4.69, 9.17) is 0 Å². The highest BCUT2D eigenvalue weighted by Crippen LogP contribution is 2.28. The van der Waals surface area contributed by atoms with Crippen LogP contribution in [0.3, 0.4) is 0 Å². The molecule has 0 spiro atoms. The lowest BCUT2D eigenvalue weighted by atomic mass is 9.96. The summed E-state index contributed by atoms with van der Waals surface area (Å²) in [6, 6.07) is 12.1. The minimum absolute atomic E-state index is 0.159. The average molecular weight is 398 g/mol. The van der Waals surface area contributed by atoms with Crippen LogP contribution in [0, 0.1) is 11.6 Å². The molecule has 0 radical (unpaired) electrons. The Labute approximate surface area is 166 Å².